The molecule has 2 aromatic rings. The number of hydrogen-bond acceptors (Lipinski definition) is 2. The second-order valence-corrected chi connectivity index (χ2v) is 4.72. The molecule has 1 aromatic heterocycles. The molecule has 0 radical (unpaired) electrons. The van der Waals surface area contributed by atoms with Crippen LogP contribution in [0.25, 0.3) is 10.9 Å². The average Bonchev–Trinajstić information content (AvgIpc) is 2.32. The van der Waals surface area contributed by atoms with E-state index in [1.165, 1.54) is 12.1 Å². The van der Waals surface area contributed by atoms with Crippen molar-refractivity contribution in [2.45, 2.75) is 13.0 Å². The van der Waals surface area contributed by atoms with Crippen LogP contribution < -0.4 is 0 Å². The van der Waals surface area contributed by atoms with Crippen LogP contribution >= 0.6 is 23.2 Å². The smallest absolute Gasteiger partial charge is 0.143 e. The molecule has 0 bridgehead atoms. The molecule has 2 heterocycles. The summed E-state index contributed by atoms with van der Waals surface area (Å²) < 4.78 is 18.7. The first kappa shape index (κ1) is 11.2. The summed E-state index contributed by atoms with van der Waals surface area (Å²) in [5.41, 5.74) is 2.31. The number of aromatic nitrogens is 1. The van der Waals surface area contributed by atoms with Crippen LogP contribution in [0, 0.1) is 5.82 Å². The zero-order chi connectivity index (χ0) is 12.0. The molecule has 1 aliphatic rings. The summed E-state index contributed by atoms with van der Waals surface area (Å²) in [7, 11) is 0. The predicted octanol–water partition coefficient (Wildman–Crippen LogP) is 3.75. The van der Waals surface area contributed by atoms with Crippen LogP contribution in [0.5, 0.6) is 0 Å². The van der Waals surface area contributed by atoms with Gasteiger partial charge in [0.15, 0.2) is 0 Å². The molecular formula is C12H8Cl2FNO. The van der Waals surface area contributed by atoms with Gasteiger partial charge >= 0.3 is 0 Å². The molecule has 88 valence electrons. The van der Waals surface area contributed by atoms with Gasteiger partial charge in [-0.15, -0.1) is 0 Å². The standard InChI is InChI=1S/C12H8Cl2FNO/c13-8-3-6-11(4-9(8)15)16-10-1-2-17-5-7(10)12(6)14/h3-4H,1-2,5H2. The highest BCUT2D eigenvalue weighted by Crippen LogP contribution is 2.33. The molecule has 0 N–H and O–H groups in total. The second kappa shape index (κ2) is 4.09. The lowest BCUT2D eigenvalue weighted by Crippen LogP contribution is -2.12. The van der Waals surface area contributed by atoms with Crippen LogP contribution in [0.2, 0.25) is 10.0 Å². The molecule has 0 saturated carbocycles. The fourth-order valence-corrected chi connectivity index (χ4v) is 2.48. The molecule has 3 rings (SSSR count). The normalized spacial score (nSPS) is 15.0. The maximum Gasteiger partial charge on any atom is 0.143 e. The SMILES string of the molecule is Fc1cc2nc3c(c(Cl)c2cc1Cl)COCC3. The number of rotatable bonds is 0. The van der Waals surface area contributed by atoms with Gasteiger partial charge in [0.1, 0.15) is 5.82 Å². The minimum Gasteiger partial charge on any atom is -0.376 e. The molecule has 0 atom stereocenters. The van der Waals surface area contributed by atoms with Crippen molar-refractivity contribution >= 4 is 34.1 Å². The van der Waals surface area contributed by atoms with Gasteiger partial charge in [0, 0.05) is 23.4 Å². The first-order valence-corrected chi connectivity index (χ1v) is 5.96. The molecular weight excluding hydrogens is 264 g/mol. The third-order valence-electron chi connectivity index (χ3n) is 2.87. The number of benzene rings is 1. The predicted molar refractivity (Wildman–Crippen MR) is 65.1 cm³/mol. The van der Waals surface area contributed by atoms with E-state index in [0.717, 1.165) is 11.3 Å². The number of halogens is 3. The number of fused-ring (bicyclic) bond motifs is 2. The Hall–Kier alpha value is -0.900. The molecule has 0 spiro atoms. The van der Waals surface area contributed by atoms with Crippen molar-refractivity contribution in [1.29, 1.82) is 0 Å². The molecule has 0 unspecified atom stereocenters. The first-order chi connectivity index (χ1) is 8.16. The topological polar surface area (TPSA) is 22.1 Å². The van der Waals surface area contributed by atoms with Gasteiger partial charge in [0.25, 0.3) is 0 Å². The van der Waals surface area contributed by atoms with E-state index in [9.17, 15) is 4.39 Å². The molecule has 5 heteroatoms. The van der Waals surface area contributed by atoms with Crippen LogP contribution in [0.4, 0.5) is 4.39 Å². The molecule has 2 nitrogen and oxygen atoms in total. The third-order valence-corrected chi connectivity index (χ3v) is 3.59. The maximum atomic E-state index is 13.4. The van der Waals surface area contributed by atoms with Gasteiger partial charge in [-0.2, -0.15) is 0 Å². The summed E-state index contributed by atoms with van der Waals surface area (Å²) in [6.45, 7) is 1.07. The second-order valence-electron chi connectivity index (χ2n) is 3.94. The number of hydrogen-bond donors (Lipinski definition) is 0. The minimum absolute atomic E-state index is 0.0536. The van der Waals surface area contributed by atoms with Crippen LogP contribution in [0.3, 0.4) is 0 Å². The first-order valence-electron chi connectivity index (χ1n) is 5.20. The fraction of sp³-hybridized carbons (Fsp3) is 0.250. The molecule has 0 aliphatic carbocycles. The van der Waals surface area contributed by atoms with E-state index in [-0.39, 0.29) is 5.02 Å². The fourth-order valence-electron chi connectivity index (χ4n) is 2.00. The van der Waals surface area contributed by atoms with Crippen molar-refractivity contribution in [2.24, 2.45) is 0 Å². The summed E-state index contributed by atoms with van der Waals surface area (Å²) in [5, 5.41) is 1.28. The van der Waals surface area contributed by atoms with E-state index >= 15 is 0 Å². The van der Waals surface area contributed by atoms with Crippen LogP contribution in [0.1, 0.15) is 11.3 Å². The van der Waals surface area contributed by atoms with E-state index in [2.05, 4.69) is 4.98 Å². The van der Waals surface area contributed by atoms with Gasteiger partial charge in [0.2, 0.25) is 0 Å². The lowest BCUT2D eigenvalue weighted by Gasteiger charge is -2.18. The Labute approximate surface area is 107 Å². The zero-order valence-electron chi connectivity index (χ0n) is 8.77. The summed E-state index contributed by atoms with van der Waals surface area (Å²) in [6.07, 6.45) is 0.704. The Balaban J connectivity index is 2.36. The Kier molecular flexibility index (Phi) is 2.69. The van der Waals surface area contributed by atoms with Gasteiger partial charge in [-0.3, -0.25) is 4.98 Å². The average molecular weight is 272 g/mol. The van der Waals surface area contributed by atoms with Crippen molar-refractivity contribution in [3.05, 3.63) is 39.3 Å². The molecule has 0 fully saturated rings. The minimum atomic E-state index is -0.477. The highest BCUT2D eigenvalue weighted by atomic mass is 35.5. The number of nitrogens with zero attached hydrogens (tertiary/aromatic N) is 1. The number of pyridine rings is 1. The van der Waals surface area contributed by atoms with Crippen LogP contribution in [-0.4, -0.2) is 11.6 Å². The van der Waals surface area contributed by atoms with Gasteiger partial charge in [-0.1, -0.05) is 23.2 Å². The van der Waals surface area contributed by atoms with Crippen LogP contribution in [0.15, 0.2) is 12.1 Å². The van der Waals surface area contributed by atoms with Crippen LogP contribution in [-0.2, 0) is 17.8 Å². The molecule has 1 aromatic carbocycles. The quantitative estimate of drug-likeness (QED) is 0.728. The lowest BCUT2D eigenvalue weighted by atomic mass is 10.1. The summed E-state index contributed by atoms with van der Waals surface area (Å²) >= 11 is 12.0. The van der Waals surface area contributed by atoms with E-state index in [1.807, 2.05) is 0 Å². The van der Waals surface area contributed by atoms with Crippen molar-refractivity contribution in [2.75, 3.05) is 6.61 Å². The Bertz CT molecular complexity index is 615. The van der Waals surface area contributed by atoms with E-state index < -0.39 is 5.82 Å². The van der Waals surface area contributed by atoms with Gasteiger partial charge in [-0.25, -0.2) is 4.39 Å². The maximum absolute atomic E-state index is 13.4. The monoisotopic (exact) mass is 271 g/mol. The Morgan fingerprint density at radius 1 is 1.29 bits per heavy atom. The summed E-state index contributed by atoms with van der Waals surface area (Å²) in [5.74, 6) is -0.477. The van der Waals surface area contributed by atoms with Crippen molar-refractivity contribution in [1.82, 2.24) is 4.98 Å². The summed E-state index contributed by atoms with van der Waals surface area (Å²) in [6, 6.07) is 2.83. The van der Waals surface area contributed by atoms with Gasteiger partial charge in [0.05, 0.1) is 34.5 Å². The van der Waals surface area contributed by atoms with E-state index in [1.54, 1.807) is 0 Å². The van der Waals surface area contributed by atoms with Gasteiger partial charge in [-0.05, 0) is 6.07 Å². The highest BCUT2D eigenvalue weighted by molar-refractivity contribution is 6.37. The molecule has 1 aliphatic heterocycles. The van der Waals surface area contributed by atoms with E-state index in [0.29, 0.717) is 35.6 Å². The zero-order valence-corrected chi connectivity index (χ0v) is 10.3. The molecule has 0 amide bonds. The largest absolute Gasteiger partial charge is 0.376 e. The molecule has 17 heavy (non-hydrogen) atoms. The Morgan fingerprint density at radius 2 is 2.12 bits per heavy atom. The van der Waals surface area contributed by atoms with Gasteiger partial charge < -0.3 is 4.74 Å². The van der Waals surface area contributed by atoms with Crippen molar-refractivity contribution in [3.8, 4) is 0 Å². The third kappa shape index (κ3) is 1.79. The lowest BCUT2D eigenvalue weighted by molar-refractivity contribution is 0.109. The summed E-state index contributed by atoms with van der Waals surface area (Å²) in [4.78, 5) is 4.42. The highest BCUT2D eigenvalue weighted by Gasteiger charge is 2.18. The van der Waals surface area contributed by atoms with Crippen molar-refractivity contribution in [3.63, 3.8) is 0 Å². The number of ether oxygens (including phenoxy) is 1. The van der Waals surface area contributed by atoms with E-state index in [4.69, 9.17) is 27.9 Å². The molecule has 0 saturated heterocycles. The Morgan fingerprint density at radius 3 is 2.94 bits per heavy atom. The van der Waals surface area contributed by atoms with Crippen molar-refractivity contribution < 1.29 is 9.13 Å².